The Hall–Kier alpha value is -0.830. The second kappa shape index (κ2) is 5.31. The maximum absolute atomic E-state index is 11.0. The fourth-order valence-electron chi connectivity index (χ4n) is 1.56. The van der Waals surface area contributed by atoms with Gasteiger partial charge in [-0.15, -0.1) is 0 Å². The zero-order chi connectivity index (χ0) is 11.3. The first-order valence-corrected chi connectivity index (χ1v) is 5.50. The van der Waals surface area contributed by atoms with Gasteiger partial charge in [-0.3, -0.25) is 4.79 Å². The van der Waals surface area contributed by atoms with E-state index in [4.69, 9.17) is 4.74 Å². The van der Waals surface area contributed by atoms with E-state index in [1.54, 1.807) is 13.2 Å². The van der Waals surface area contributed by atoms with E-state index in [1.165, 1.54) is 0 Å². The molecule has 1 rings (SSSR count). The van der Waals surface area contributed by atoms with Crippen molar-refractivity contribution in [1.29, 1.82) is 0 Å². The Bertz CT molecular complexity index is 256. The number of ether oxygens (including phenoxy) is 1. The molecule has 0 aliphatic heterocycles. The minimum atomic E-state index is 0.211. The summed E-state index contributed by atoms with van der Waals surface area (Å²) in [5.41, 5.74) is 1.30. The van der Waals surface area contributed by atoms with Crippen molar-refractivity contribution in [2.45, 2.75) is 33.1 Å². The van der Waals surface area contributed by atoms with E-state index in [0.717, 1.165) is 31.7 Å². The van der Waals surface area contributed by atoms with Gasteiger partial charge >= 0.3 is 0 Å². The van der Waals surface area contributed by atoms with Gasteiger partial charge in [-0.25, -0.2) is 0 Å². The number of hydrogen-bond donors (Lipinski definition) is 1. The number of ketones is 1. The van der Waals surface area contributed by atoms with Crippen molar-refractivity contribution in [2.75, 3.05) is 20.3 Å². The molecule has 86 valence electrons. The Morgan fingerprint density at radius 2 is 2.20 bits per heavy atom. The van der Waals surface area contributed by atoms with Gasteiger partial charge in [-0.05, 0) is 18.3 Å². The van der Waals surface area contributed by atoms with E-state index in [1.807, 2.05) is 0 Å². The lowest BCUT2D eigenvalue weighted by Crippen LogP contribution is -2.29. The minimum absolute atomic E-state index is 0.211. The van der Waals surface area contributed by atoms with Gasteiger partial charge in [0.25, 0.3) is 0 Å². The van der Waals surface area contributed by atoms with Crippen LogP contribution in [0.25, 0.3) is 0 Å². The fraction of sp³-hybridized carbons (Fsp3) is 0.750. The second-order valence-corrected chi connectivity index (χ2v) is 4.90. The quantitative estimate of drug-likeness (QED) is 0.729. The van der Waals surface area contributed by atoms with E-state index in [-0.39, 0.29) is 11.2 Å². The Labute approximate surface area is 91.9 Å². The zero-order valence-electron chi connectivity index (χ0n) is 9.93. The summed E-state index contributed by atoms with van der Waals surface area (Å²) >= 11 is 0. The molecule has 0 amide bonds. The third-order valence-electron chi connectivity index (χ3n) is 2.75. The average molecular weight is 211 g/mol. The normalized spacial score (nSPS) is 16.7. The summed E-state index contributed by atoms with van der Waals surface area (Å²) in [4.78, 5) is 11.0. The summed E-state index contributed by atoms with van der Waals surface area (Å²) in [6.45, 7) is 6.09. The Balaban J connectivity index is 2.29. The minimum Gasteiger partial charge on any atom is -0.388 e. The summed E-state index contributed by atoms with van der Waals surface area (Å²) in [5, 5.41) is 3.35. The maximum atomic E-state index is 11.0. The zero-order valence-corrected chi connectivity index (χ0v) is 9.93. The molecule has 3 heteroatoms. The molecule has 0 aromatic heterocycles. The molecule has 0 unspecified atom stereocenters. The Morgan fingerprint density at radius 3 is 2.73 bits per heavy atom. The van der Waals surface area contributed by atoms with Crippen LogP contribution in [0.4, 0.5) is 0 Å². The monoisotopic (exact) mass is 211 g/mol. The highest BCUT2D eigenvalue weighted by Gasteiger charge is 2.19. The first-order chi connectivity index (χ1) is 7.03. The average Bonchev–Trinajstić information content (AvgIpc) is 2.59. The SMILES string of the molecule is COCCC(C)(C)CNC1=CC(=O)CC1. The molecule has 0 saturated heterocycles. The third kappa shape index (κ3) is 4.47. The molecule has 0 aromatic carbocycles. The summed E-state index contributed by atoms with van der Waals surface area (Å²) in [6.07, 6.45) is 4.30. The number of carbonyl (C=O) groups is 1. The molecule has 0 radical (unpaired) electrons. The van der Waals surface area contributed by atoms with E-state index in [2.05, 4.69) is 19.2 Å². The molecule has 15 heavy (non-hydrogen) atoms. The van der Waals surface area contributed by atoms with Crippen LogP contribution >= 0.6 is 0 Å². The Morgan fingerprint density at radius 1 is 1.47 bits per heavy atom. The molecule has 0 aromatic rings. The van der Waals surface area contributed by atoms with E-state index in [0.29, 0.717) is 6.42 Å². The topological polar surface area (TPSA) is 38.3 Å². The number of allylic oxidation sites excluding steroid dienone is 2. The Kier molecular flexibility index (Phi) is 4.33. The smallest absolute Gasteiger partial charge is 0.157 e. The molecule has 0 fully saturated rings. The van der Waals surface area contributed by atoms with Crippen molar-refractivity contribution in [3.63, 3.8) is 0 Å². The van der Waals surface area contributed by atoms with Crippen LogP contribution < -0.4 is 5.32 Å². The van der Waals surface area contributed by atoms with E-state index >= 15 is 0 Å². The molecule has 3 nitrogen and oxygen atoms in total. The first-order valence-electron chi connectivity index (χ1n) is 5.50. The summed E-state index contributed by atoms with van der Waals surface area (Å²) in [6, 6.07) is 0. The molecule has 0 saturated carbocycles. The van der Waals surface area contributed by atoms with Crippen molar-refractivity contribution < 1.29 is 9.53 Å². The summed E-state index contributed by atoms with van der Waals surface area (Å²) in [5.74, 6) is 0.243. The number of hydrogen-bond acceptors (Lipinski definition) is 3. The fourth-order valence-corrected chi connectivity index (χ4v) is 1.56. The van der Waals surface area contributed by atoms with Gasteiger partial charge in [0.2, 0.25) is 0 Å². The molecule has 0 spiro atoms. The van der Waals surface area contributed by atoms with Crippen molar-refractivity contribution in [3.05, 3.63) is 11.8 Å². The van der Waals surface area contributed by atoms with Crippen LogP contribution in [0.1, 0.15) is 33.1 Å². The van der Waals surface area contributed by atoms with E-state index in [9.17, 15) is 4.79 Å². The predicted molar refractivity (Wildman–Crippen MR) is 60.6 cm³/mol. The van der Waals surface area contributed by atoms with E-state index < -0.39 is 0 Å². The molecule has 0 atom stereocenters. The summed E-state index contributed by atoms with van der Waals surface area (Å²) < 4.78 is 5.07. The van der Waals surface area contributed by atoms with Gasteiger partial charge in [0.15, 0.2) is 5.78 Å². The van der Waals surface area contributed by atoms with Crippen molar-refractivity contribution in [1.82, 2.24) is 5.32 Å². The number of methoxy groups -OCH3 is 1. The maximum Gasteiger partial charge on any atom is 0.157 e. The molecule has 0 heterocycles. The van der Waals surface area contributed by atoms with Gasteiger partial charge in [-0.2, -0.15) is 0 Å². The lowest BCUT2D eigenvalue weighted by molar-refractivity contribution is -0.114. The lowest BCUT2D eigenvalue weighted by atomic mass is 9.89. The van der Waals surface area contributed by atoms with Gasteiger partial charge in [-0.1, -0.05) is 13.8 Å². The standard InChI is InChI=1S/C12H21NO2/c1-12(2,6-7-15-3)9-13-10-4-5-11(14)8-10/h8,13H,4-7,9H2,1-3H3. The molecule has 1 aliphatic rings. The van der Waals surface area contributed by atoms with Crippen molar-refractivity contribution >= 4 is 5.78 Å². The first kappa shape index (κ1) is 12.2. The van der Waals surface area contributed by atoms with Gasteiger partial charge in [0, 0.05) is 38.5 Å². The molecule has 0 bridgehead atoms. The van der Waals surface area contributed by atoms with Crippen LogP contribution in [-0.2, 0) is 9.53 Å². The highest BCUT2D eigenvalue weighted by Crippen LogP contribution is 2.20. The van der Waals surface area contributed by atoms with Crippen LogP contribution in [-0.4, -0.2) is 26.0 Å². The lowest BCUT2D eigenvalue weighted by Gasteiger charge is -2.25. The number of rotatable bonds is 6. The van der Waals surface area contributed by atoms with Crippen molar-refractivity contribution in [3.8, 4) is 0 Å². The van der Waals surface area contributed by atoms with Crippen LogP contribution in [0.15, 0.2) is 11.8 Å². The van der Waals surface area contributed by atoms with Crippen molar-refractivity contribution in [2.24, 2.45) is 5.41 Å². The molecule has 1 N–H and O–H groups in total. The predicted octanol–water partition coefficient (Wildman–Crippen LogP) is 1.89. The van der Waals surface area contributed by atoms with Crippen LogP contribution in [0.2, 0.25) is 0 Å². The van der Waals surface area contributed by atoms with Gasteiger partial charge < -0.3 is 10.1 Å². The van der Waals surface area contributed by atoms with Gasteiger partial charge in [0.05, 0.1) is 0 Å². The molecular formula is C12H21NO2. The van der Waals surface area contributed by atoms with Crippen LogP contribution in [0, 0.1) is 5.41 Å². The number of nitrogens with one attached hydrogen (secondary N) is 1. The third-order valence-corrected chi connectivity index (χ3v) is 2.75. The molecular weight excluding hydrogens is 190 g/mol. The van der Waals surface area contributed by atoms with Crippen LogP contribution in [0.5, 0.6) is 0 Å². The van der Waals surface area contributed by atoms with Crippen LogP contribution in [0.3, 0.4) is 0 Å². The highest BCUT2D eigenvalue weighted by molar-refractivity contribution is 5.92. The summed E-state index contributed by atoms with van der Waals surface area (Å²) in [7, 11) is 1.72. The largest absolute Gasteiger partial charge is 0.388 e. The second-order valence-electron chi connectivity index (χ2n) is 4.90. The molecule has 1 aliphatic carbocycles. The number of carbonyl (C=O) groups excluding carboxylic acids is 1. The highest BCUT2D eigenvalue weighted by atomic mass is 16.5. The van der Waals surface area contributed by atoms with Gasteiger partial charge in [0.1, 0.15) is 0 Å².